The van der Waals surface area contributed by atoms with E-state index in [1.165, 1.54) is 7.11 Å². The Balaban J connectivity index is 2.47. The second-order valence-electron chi connectivity index (χ2n) is 12.0. The number of carbonyl (C=O) groups excluding carboxylic acids is 4. The molecule has 6 unspecified atom stereocenters. The molecular weight excluding hydrogens is 592 g/mol. The summed E-state index contributed by atoms with van der Waals surface area (Å²) >= 11 is 0. The van der Waals surface area contributed by atoms with Crippen molar-refractivity contribution in [3.05, 3.63) is 0 Å². The second-order valence-corrected chi connectivity index (χ2v) is 16.8. The fraction of sp³-hybridized carbons (Fsp3) is 0.852. The van der Waals surface area contributed by atoms with E-state index in [4.69, 9.17) is 42.3 Å². The van der Waals surface area contributed by atoms with Gasteiger partial charge in [-0.1, -0.05) is 20.8 Å². The molecule has 15 nitrogen and oxygen atoms in total. The molecule has 2 fully saturated rings. The number of esters is 4. The molecule has 2 aliphatic heterocycles. The van der Waals surface area contributed by atoms with E-state index >= 15 is 0 Å². The van der Waals surface area contributed by atoms with E-state index in [1.54, 1.807) is 0 Å². The fourth-order valence-corrected chi connectivity index (χ4v) is 5.37. The highest BCUT2D eigenvalue weighted by Crippen LogP contribution is 2.38. The monoisotopic (exact) mass is 638 g/mol. The third-order valence-corrected chi connectivity index (χ3v) is 12.0. The number of hydrogen-bond acceptors (Lipinski definition) is 15. The van der Waals surface area contributed by atoms with Gasteiger partial charge >= 0.3 is 23.9 Å². The number of rotatable bonds is 11. The second kappa shape index (κ2) is 15.2. The fourth-order valence-electron chi connectivity index (χ4n) is 4.36. The number of aliphatic hydroxyl groups excluding tert-OH is 2. The molecule has 0 bridgehead atoms. The lowest BCUT2D eigenvalue weighted by atomic mass is 9.96. The third kappa shape index (κ3) is 9.91. The average Bonchev–Trinajstić information content (AvgIpc) is 2.86. The van der Waals surface area contributed by atoms with E-state index in [2.05, 4.69) is 20.8 Å². The summed E-state index contributed by atoms with van der Waals surface area (Å²) in [6, 6.07) is 0. The first-order valence-electron chi connectivity index (χ1n) is 13.9. The van der Waals surface area contributed by atoms with Crippen LogP contribution in [0, 0.1) is 0 Å². The van der Waals surface area contributed by atoms with Crippen LogP contribution >= 0.6 is 0 Å². The molecule has 2 rings (SSSR count). The van der Waals surface area contributed by atoms with Gasteiger partial charge in [-0.2, -0.15) is 0 Å². The molecule has 0 spiro atoms. The Morgan fingerprint density at radius 2 is 1.21 bits per heavy atom. The summed E-state index contributed by atoms with van der Waals surface area (Å²) in [5.41, 5.74) is 0. The van der Waals surface area contributed by atoms with Crippen LogP contribution in [0.25, 0.3) is 0 Å². The Morgan fingerprint density at radius 3 is 1.70 bits per heavy atom. The Morgan fingerprint density at radius 1 is 0.698 bits per heavy atom. The Kier molecular flexibility index (Phi) is 13.1. The minimum atomic E-state index is -2.28. The number of hydrogen-bond donors (Lipinski definition) is 2. The van der Waals surface area contributed by atoms with Gasteiger partial charge in [-0.25, -0.2) is 0 Å². The molecule has 10 atom stereocenters. The summed E-state index contributed by atoms with van der Waals surface area (Å²) < 4.78 is 50.6. The summed E-state index contributed by atoms with van der Waals surface area (Å²) in [5, 5.41) is 22.2. The van der Waals surface area contributed by atoms with Gasteiger partial charge in [0.1, 0.15) is 37.1 Å². The van der Waals surface area contributed by atoms with Crippen molar-refractivity contribution in [1.29, 1.82) is 0 Å². The number of ether oxygens (including phenoxy) is 8. The molecule has 0 aromatic carbocycles. The van der Waals surface area contributed by atoms with Gasteiger partial charge in [-0.05, 0) is 18.1 Å². The maximum absolute atomic E-state index is 12.1. The predicted molar refractivity (Wildman–Crippen MR) is 148 cm³/mol. The summed E-state index contributed by atoms with van der Waals surface area (Å²) in [6.07, 6.45) is -14.2. The zero-order valence-corrected chi connectivity index (χ0v) is 27.4. The van der Waals surface area contributed by atoms with Crippen molar-refractivity contribution in [2.45, 2.75) is 128 Å². The normalized spacial score (nSPS) is 33.3. The summed E-state index contributed by atoms with van der Waals surface area (Å²) in [6.45, 7) is 14.1. The minimum Gasteiger partial charge on any atom is -0.463 e. The quantitative estimate of drug-likeness (QED) is 0.181. The topological polar surface area (TPSA) is 192 Å². The maximum atomic E-state index is 12.1. The zero-order valence-electron chi connectivity index (χ0n) is 26.4. The predicted octanol–water partition coefficient (Wildman–Crippen LogP) is 0.570. The molecule has 16 heteroatoms. The first kappa shape index (κ1) is 37.0. The first-order chi connectivity index (χ1) is 19.8. The van der Waals surface area contributed by atoms with Gasteiger partial charge in [0.05, 0.1) is 6.61 Å². The highest BCUT2D eigenvalue weighted by atomic mass is 28.4. The summed E-state index contributed by atoms with van der Waals surface area (Å²) in [7, 11) is -0.990. The van der Waals surface area contributed by atoms with Gasteiger partial charge in [0.2, 0.25) is 0 Å². The highest BCUT2D eigenvalue weighted by molar-refractivity contribution is 6.74. The molecule has 0 radical (unpaired) electrons. The van der Waals surface area contributed by atoms with E-state index in [0.29, 0.717) is 0 Å². The summed E-state index contributed by atoms with van der Waals surface area (Å²) in [5.74, 6) is -3.12. The van der Waals surface area contributed by atoms with Crippen molar-refractivity contribution in [2.75, 3.05) is 20.3 Å². The molecule has 2 aliphatic rings. The van der Waals surface area contributed by atoms with E-state index in [-0.39, 0.29) is 11.6 Å². The van der Waals surface area contributed by atoms with Gasteiger partial charge in [0.15, 0.2) is 39.2 Å². The molecular formula is C27H46O15Si. The molecule has 2 heterocycles. The van der Waals surface area contributed by atoms with Crippen LogP contribution in [0.3, 0.4) is 0 Å². The van der Waals surface area contributed by atoms with Gasteiger partial charge < -0.3 is 52.5 Å². The minimum absolute atomic E-state index is 0.0529. The standard InChI is InChI=1S/C27H46O15Si/c1-13(28)35-11-18-21(37-14(2)29)23(38-15(3)30)24(39-16(4)31)26(41-18)42-22-19(32)17(40-25(34-8)20(22)33)12-36-43(9,10)27(5,6)7/h17-26,32-33H,11-12H2,1-10H3/t17?,18?,19-,20?,21+,22?,23?,24?,25+,26-/m0/s1. The van der Waals surface area contributed by atoms with Crippen LogP contribution in [0.15, 0.2) is 0 Å². The molecule has 0 saturated carbocycles. The molecule has 248 valence electrons. The average molecular weight is 639 g/mol. The van der Waals surface area contributed by atoms with Crippen molar-refractivity contribution < 1.29 is 71.7 Å². The van der Waals surface area contributed by atoms with Crippen LogP contribution in [0.2, 0.25) is 18.1 Å². The maximum Gasteiger partial charge on any atom is 0.303 e. The van der Waals surface area contributed by atoms with Gasteiger partial charge in [0.25, 0.3) is 0 Å². The molecule has 0 aliphatic carbocycles. The highest BCUT2D eigenvalue weighted by Gasteiger charge is 2.56. The van der Waals surface area contributed by atoms with Crippen LogP contribution < -0.4 is 0 Å². The van der Waals surface area contributed by atoms with Crippen LogP contribution in [0.1, 0.15) is 48.5 Å². The molecule has 0 amide bonds. The lowest BCUT2D eigenvalue weighted by molar-refractivity contribution is -0.358. The van der Waals surface area contributed by atoms with Crippen LogP contribution in [-0.4, -0.2) is 124 Å². The number of aliphatic hydroxyl groups is 2. The van der Waals surface area contributed by atoms with Gasteiger partial charge in [0, 0.05) is 34.8 Å². The van der Waals surface area contributed by atoms with Crippen molar-refractivity contribution in [3.63, 3.8) is 0 Å². The van der Waals surface area contributed by atoms with Crippen molar-refractivity contribution in [2.24, 2.45) is 0 Å². The zero-order chi connectivity index (χ0) is 32.9. The van der Waals surface area contributed by atoms with E-state index in [1.807, 2.05) is 13.1 Å². The number of carbonyl (C=O) groups is 4. The van der Waals surface area contributed by atoms with E-state index < -0.39 is 100 Å². The molecule has 43 heavy (non-hydrogen) atoms. The molecule has 2 saturated heterocycles. The smallest absolute Gasteiger partial charge is 0.303 e. The summed E-state index contributed by atoms with van der Waals surface area (Å²) in [4.78, 5) is 47.8. The Hall–Kier alpha value is -2.18. The van der Waals surface area contributed by atoms with E-state index in [9.17, 15) is 29.4 Å². The Labute approximate surface area is 252 Å². The van der Waals surface area contributed by atoms with Crippen LogP contribution in [0.4, 0.5) is 0 Å². The SMILES string of the molecule is CO[C@@H]1OC(CO[Si](C)(C)C(C)(C)C)[C@H](O)C(O[C@@H]2OC(COC(C)=O)[C@@H](OC(C)=O)C(OC(C)=O)C2OC(C)=O)C1O. The van der Waals surface area contributed by atoms with Crippen LogP contribution in [0.5, 0.6) is 0 Å². The van der Waals surface area contributed by atoms with Crippen molar-refractivity contribution in [1.82, 2.24) is 0 Å². The Bertz CT molecular complexity index is 982. The molecule has 2 N–H and O–H groups in total. The largest absolute Gasteiger partial charge is 0.463 e. The van der Waals surface area contributed by atoms with Crippen molar-refractivity contribution in [3.8, 4) is 0 Å². The van der Waals surface area contributed by atoms with E-state index in [0.717, 1.165) is 27.7 Å². The molecule has 0 aromatic rings. The molecule has 0 aromatic heterocycles. The van der Waals surface area contributed by atoms with Gasteiger partial charge in [-0.15, -0.1) is 0 Å². The van der Waals surface area contributed by atoms with Gasteiger partial charge in [-0.3, -0.25) is 19.2 Å². The number of methoxy groups -OCH3 is 1. The third-order valence-electron chi connectivity index (χ3n) is 7.53. The van der Waals surface area contributed by atoms with Crippen molar-refractivity contribution >= 4 is 32.2 Å². The lowest BCUT2D eigenvalue weighted by Gasteiger charge is -2.48. The van der Waals surface area contributed by atoms with Crippen LogP contribution in [-0.2, 0) is 61.5 Å². The first-order valence-corrected chi connectivity index (χ1v) is 16.8. The lowest BCUT2D eigenvalue weighted by Crippen LogP contribution is -2.66.